The number of hydrogen-bond acceptors (Lipinski definition) is 2. The third-order valence-electron chi connectivity index (χ3n) is 2.73. The van der Waals surface area contributed by atoms with E-state index >= 15 is 0 Å². The topological polar surface area (TPSA) is 46.2 Å². The Morgan fingerprint density at radius 2 is 1.78 bits per heavy atom. The highest BCUT2D eigenvalue weighted by Gasteiger charge is 2.13. The van der Waals surface area contributed by atoms with Crippen LogP contribution < -0.4 is 4.72 Å². The summed E-state index contributed by atoms with van der Waals surface area (Å²) in [7, 11) is -3.34. The molecule has 0 spiro atoms. The average molecular weight is 269 g/mol. The van der Waals surface area contributed by atoms with Crippen molar-refractivity contribution < 1.29 is 8.42 Å². The SMILES string of the molecule is CCCCc1ccc(S(=O)(=O)NCC(C)C)cc1. The van der Waals surface area contributed by atoms with Gasteiger partial charge in [0.05, 0.1) is 4.90 Å². The van der Waals surface area contributed by atoms with Gasteiger partial charge in [0.1, 0.15) is 0 Å². The summed E-state index contributed by atoms with van der Waals surface area (Å²) in [5, 5.41) is 0. The fourth-order valence-corrected chi connectivity index (χ4v) is 2.79. The molecule has 1 aromatic rings. The molecule has 0 aliphatic carbocycles. The van der Waals surface area contributed by atoms with Gasteiger partial charge in [0, 0.05) is 6.54 Å². The molecule has 18 heavy (non-hydrogen) atoms. The van der Waals surface area contributed by atoms with Crippen LogP contribution in [0.2, 0.25) is 0 Å². The van der Waals surface area contributed by atoms with Gasteiger partial charge in [-0.25, -0.2) is 13.1 Å². The zero-order valence-corrected chi connectivity index (χ0v) is 12.3. The Kier molecular flexibility index (Phi) is 5.82. The van der Waals surface area contributed by atoms with Gasteiger partial charge in [0.25, 0.3) is 0 Å². The van der Waals surface area contributed by atoms with Gasteiger partial charge in [-0.3, -0.25) is 0 Å². The summed E-state index contributed by atoms with van der Waals surface area (Å²) in [6.45, 7) is 6.58. The number of sulfonamides is 1. The van der Waals surface area contributed by atoms with E-state index in [4.69, 9.17) is 0 Å². The minimum atomic E-state index is -3.34. The largest absolute Gasteiger partial charge is 0.240 e. The molecule has 0 radical (unpaired) electrons. The van der Waals surface area contributed by atoms with E-state index < -0.39 is 10.0 Å². The number of aryl methyl sites for hydroxylation is 1. The molecule has 0 fully saturated rings. The molecule has 0 bridgehead atoms. The van der Waals surface area contributed by atoms with E-state index in [0.717, 1.165) is 19.3 Å². The number of hydrogen-bond donors (Lipinski definition) is 1. The lowest BCUT2D eigenvalue weighted by molar-refractivity contribution is 0.560. The molecule has 0 aliphatic rings. The Bertz CT molecular complexity index is 449. The second-order valence-corrected chi connectivity index (χ2v) is 6.76. The Labute approximate surface area is 111 Å². The molecule has 0 aliphatic heterocycles. The molecule has 0 heterocycles. The van der Waals surface area contributed by atoms with E-state index in [-0.39, 0.29) is 0 Å². The number of rotatable bonds is 7. The van der Waals surface area contributed by atoms with E-state index in [1.807, 2.05) is 26.0 Å². The number of unbranched alkanes of at least 4 members (excludes halogenated alkanes) is 1. The monoisotopic (exact) mass is 269 g/mol. The highest BCUT2D eigenvalue weighted by Crippen LogP contribution is 2.12. The molecule has 102 valence electrons. The zero-order chi connectivity index (χ0) is 13.6. The first-order chi connectivity index (χ1) is 8.45. The first kappa shape index (κ1) is 15.2. The smallest absolute Gasteiger partial charge is 0.211 e. The zero-order valence-electron chi connectivity index (χ0n) is 11.4. The van der Waals surface area contributed by atoms with Gasteiger partial charge in [-0.1, -0.05) is 39.3 Å². The summed E-state index contributed by atoms with van der Waals surface area (Å²) in [6, 6.07) is 7.18. The Morgan fingerprint density at radius 1 is 1.17 bits per heavy atom. The van der Waals surface area contributed by atoms with Crippen LogP contribution in [0.4, 0.5) is 0 Å². The lowest BCUT2D eigenvalue weighted by atomic mass is 10.1. The summed E-state index contributed by atoms with van der Waals surface area (Å²) in [6.07, 6.45) is 3.30. The van der Waals surface area contributed by atoms with Crippen LogP contribution in [0.1, 0.15) is 39.2 Å². The van der Waals surface area contributed by atoms with Crippen molar-refractivity contribution in [2.24, 2.45) is 5.92 Å². The maximum Gasteiger partial charge on any atom is 0.240 e. The lowest BCUT2D eigenvalue weighted by Gasteiger charge is -2.09. The van der Waals surface area contributed by atoms with Gasteiger partial charge in [0.15, 0.2) is 0 Å². The van der Waals surface area contributed by atoms with Crippen LogP contribution in [0.5, 0.6) is 0 Å². The molecule has 0 unspecified atom stereocenters. The standard InChI is InChI=1S/C14H23NO2S/c1-4-5-6-13-7-9-14(10-8-13)18(16,17)15-11-12(2)3/h7-10,12,15H,4-6,11H2,1-3H3. The van der Waals surface area contributed by atoms with Crippen LogP contribution in [0.15, 0.2) is 29.2 Å². The van der Waals surface area contributed by atoms with Gasteiger partial charge in [-0.15, -0.1) is 0 Å². The summed E-state index contributed by atoms with van der Waals surface area (Å²) in [4.78, 5) is 0.350. The molecular formula is C14H23NO2S. The normalized spacial score (nSPS) is 12.0. The van der Waals surface area contributed by atoms with E-state index in [2.05, 4.69) is 11.6 Å². The lowest BCUT2D eigenvalue weighted by Crippen LogP contribution is -2.27. The number of benzene rings is 1. The van der Waals surface area contributed by atoms with Crippen molar-refractivity contribution >= 4 is 10.0 Å². The molecule has 3 nitrogen and oxygen atoms in total. The molecule has 0 saturated heterocycles. The van der Waals surface area contributed by atoms with Crippen LogP contribution in [0.3, 0.4) is 0 Å². The maximum atomic E-state index is 12.0. The predicted molar refractivity (Wildman–Crippen MR) is 75.1 cm³/mol. The first-order valence-corrected chi connectivity index (χ1v) is 8.02. The Morgan fingerprint density at radius 3 is 2.28 bits per heavy atom. The fraction of sp³-hybridized carbons (Fsp3) is 0.571. The van der Waals surface area contributed by atoms with Crippen molar-refractivity contribution in [3.63, 3.8) is 0 Å². The third-order valence-corrected chi connectivity index (χ3v) is 4.17. The third kappa shape index (κ3) is 4.78. The van der Waals surface area contributed by atoms with Crippen LogP contribution >= 0.6 is 0 Å². The molecule has 1 rings (SSSR count). The van der Waals surface area contributed by atoms with Crippen molar-refractivity contribution in [3.05, 3.63) is 29.8 Å². The molecule has 1 aromatic carbocycles. The van der Waals surface area contributed by atoms with E-state index in [9.17, 15) is 8.42 Å². The van der Waals surface area contributed by atoms with Crippen molar-refractivity contribution in [1.29, 1.82) is 0 Å². The first-order valence-electron chi connectivity index (χ1n) is 6.54. The molecule has 4 heteroatoms. The van der Waals surface area contributed by atoms with E-state index in [1.54, 1.807) is 12.1 Å². The van der Waals surface area contributed by atoms with Gasteiger partial charge in [-0.2, -0.15) is 0 Å². The second-order valence-electron chi connectivity index (χ2n) is 4.99. The van der Waals surface area contributed by atoms with Crippen molar-refractivity contribution in [2.75, 3.05) is 6.54 Å². The average Bonchev–Trinajstić information content (AvgIpc) is 2.34. The van der Waals surface area contributed by atoms with Crippen molar-refractivity contribution in [3.8, 4) is 0 Å². The molecular weight excluding hydrogens is 246 g/mol. The Hall–Kier alpha value is -0.870. The Balaban J connectivity index is 2.71. The van der Waals surface area contributed by atoms with E-state index in [0.29, 0.717) is 17.4 Å². The van der Waals surface area contributed by atoms with Crippen LogP contribution in [-0.4, -0.2) is 15.0 Å². The van der Waals surface area contributed by atoms with Crippen LogP contribution in [-0.2, 0) is 16.4 Å². The van der Waals surface area contributed by atoms with Gasteiger partial charge in [0.2, 0.25) is 10.0 Å². The molecule has 1 N–H and O–H groups in total. The molecule has 0 saturated carbocycles. The minimum Gasteiger partial charge on any atom is -0.211 e. The maximum absolute atomic E-state index is 12.0. The summed E-state index contributed by atoms with van der Waals surface area (Å²) in [5.74, 6) is 0.309. The highest BCUT2D eigenvalue weighted by molar-refractivity contribution is 7.89. The fourth-order valence-electron chi connectivity index (χ4n) is 1.58. The van der Waals surface area contributed by atoms with Gasteiger partial charge < -0.3 is 0 Å². The van der Waals surface area contributed by atoms with Crippen molar-refractivity contribution in [1.82, 2.24) is 4.72 Å². The highest BCUT2D eigenvalue weighted by atomic mass is 32.2. The van der Waals surface area contributed by atoms with Crippen LogP contribution in [0, 0.1) is 5.92 Å². The van der Waals surface area contributed by atoms with E-state index in [1.165, 1.54) is 5.56 Å². The molecule has 0 atom stereocenters. The molecule has 0 amide bonds. The quantitative estimate of drug-likeness (QED) is 0.827. The summed E-state index contributed by atoms with van der Waals surface area (Å²) < 4.78 is 26.5. The second kappa shape index (κ2) is 6.90. The predicted octanol–water partition coefficient (Wildman–Crippen LogP) is 2.96. The van der Waals surface area contributed by atoms with Crippen LogP contribution in [0.25, 0.3) is 0 Å². The van der Waals surface area contributed by atoms with Crippen molar-refractivity contribution in [2.45, 2.75) is 44.9 Å². The summed E-state index contributed by atoms with van der Waals surface area (Å²) in [5.41, 5.74) is 1.19. The molecule has 0 aromatic heterocycles. The van der Waals surface area contributed by atoms with Gasteiger partial charge >= 0.3 is 0 Å². The van der Waals surface area contributed by atoms with Gasteiger partial charge in [-0.05, 0) is 36.5 Å². The minimum absolute atomic E-state index is 0.309. The summed E-state index contributed by atoms with van der Waals surface area (Å²) >= 11 is 0. The number of nitrogens with one attached hydrogen (secondary N) is 1.